The summed E-state index contributed by atoms with van der Waals surface area (Å²) in [6, 6.07) is 12.8. The molecular weight excluding hydrogens is 478 g/mol. The number of nitrogens with zero attached hydrogens (tertiary/aromatic N) is 1. The second-order valence-electron chi connectivity index (χ2n) is 5.82. The fraction of sp³-hybridized carbons (Fsp3) is 0.211. The number of halogens is 2. The predicted molar refractivity (Wildman–Crippen MR) is 113 cm³/mol. The zero-order chi connectivity index (χ0) is 19.8. The minimum Gasteiger partial charge on any atom is -0.483 e. The van der Waals surface area contributed by atoms with Gasteiger partial charge in [0.1, 0.15) is 5.75 Å². The van der Waals surface area contributed by atoms with Crippen molar-refractivity contribution >= 4 is 55.1 Å². The summed E-state index contributed by atoms with van der Waals surface area (Å²) in [5.41, 5.74) is 4.47. The van der Waals surface area contributed by atoms with Crippen molar-refractivity contribution in [3.8, 4) is 5.75 Å². The molecule has 0 saturated heterocycles. The van der Waals surface area contributed by atoms with E-state index < -0.39 is 5.91 Å². The molecule has 2 aromatic rings. The van der Waals surface area contributed by atoms with Gasteiger partial charge >= 0.3 is 0 Å². The number of amides is 2. The number of anilines is 1. The largest absolute Gasteiger partial charge is 0.483 e. The van der Waals surface area contributed by atoms with Crippen LogP contribution in [0.2, 0.25) is 0 Å². The van der Waals surface area contributed by atoms with E-state index in [1.165, 1.54) is 0 Å². The van der Waals surface area contributed by atoms with Crippen LogP contribution in [0, 0.1) is 6.92 Å². The summed E-state index contributed by atoms with van der Waals surface area (Å²) < 4.78 is 7.29. The number of ether oxygens (including phenoxy) is 1. The van der Waals surface area contributed by atoms with E-state index in [1.807, 2.05) is 31.2 Å². The number of rotatable bonds is 7. The Morgan fingerprint density at radius 3 is 2.52 bits per heavy atom. The van der Waals surface area contributed by atoms with E-state index >= 15 is 0 Å². The number of hydrogen-bond donors (Lipinski definition) is 2. The van der Waals surface area contributed by atoms with Gasteiger partial charge in [-0.15, -0.1) is 0 Å². The van der Waals surface area contributed by atoms with E-state index in [1.54, 1.807) is 25.1 Å². The van der Waals surface area contributed by atoms with Gasteiger partial charge in [0.05, 0.1) is 6.42 Å². The molecule has 8 heteroatoms. The fourth-order valence-electron chi connectivity index (χ4n) is 2.15. The average Bonchev–Trinajstić information content (AvgIpc) is 2.59. The zero-order valence-electron chi connectivity index (χ0n) is 14.9. The molecule has 2 aromatic carbocycles. The van der Waals surface area contributed by atoms with Gasteiger partial charge in [-0.2, -0.15) is 5.10 Å². The summed E-state index contributed by atoms with van der Waals surface area (Å²) in [6.45, 7) is 3.40. The number of benzene rings is 2. The first-order valence-corrected chi connectivity index (χ1v) is 9.68. The van der Waals surface area contributed by atoms with Crippen molar-refractivity contribution < 1.29 is 14.3 Å². The van der Waals surface area contributed by atoms with Gasteiger partial charge in [-0.3, -0.25) is 9.59 Å². The number of nitrogens with one attached hydrogen (secondary N) is 2. The van der Waals surface area contributed by atoms with Crippen molar-refractivity contribution in [2.75, 3.05) is 11.9 Å². The second-order valence-corrected chi connectivity index (χ2v) is 7.65. The smallest absolute Gasteiger partial charge is 0.277 e. The molecular formula is C19H19Br2N3O3. The van der Waals surface area contributed by atoms with Crippen molar-refractivity contribution in [1.29, 1.82) is 0 Å². The SMILES string of the molecule is CC(CC(=O)Nc1cccc(Br)c1)=NNC(=O)COc1ccc(Br)cc1C. The lowest BCUT2D eigenvalue weighted by Gasteiger charge is -2.09. The molecule has 2 rings (SSSR count). The molecule has 0 saturated carbocycles. The van der Waals surface area contributed by atoms with Crippen LogP contribution >= 0.6 is 31.9 Å². The molecule has 142 valence electrons. The molecule has 6 nitrogen and oxygen atoms in total. The molecule has 0 spiro atoms. The first-order chi connectivity index (χ1) is 12.8. The van der Waals surface area contributed by atoms with Crippen LogP contribution < -0.4 is 15.5 Å². The molecule has 0 heterocycles. The number of carbonyl (C=O) groups excluding carboxylic acids is 2. The van der Waals surface area contributed by atoms with E-state index in [4.69, 9.17) is 4.74 Å². The standard InChI is InChI=1S/C19H19Br2N3O3/c1-12-8-15(21)6-7-17(12)27-11-19(26)24-23-13(2)9-18(25)22-16-5-3-4-14(20)10-16/h3-8,10H,9,11H2,1-2H3,(H,22,25)(H,24,26). The molecule has 0 radical (unpaired) electrons. The predicted octanol–water partition coefficient (Wildman–Crippen LogP) is 4.42. The molecule has 0 bridgehead atoms. The van der Waals surface area contributed by atoms with Gasteiger partial charge in [0.25, 0.3) is 5.91 Å². The quantitative estimate of drug-likeness (QED) is 0.439. The molecule has 0 aliphatic rings. The topological polar surface area (TPSA) is 79.8 Å². The van der Waals surface area contributed by atoms with Crippen LogP contribution in [0.1, 0.15) is 18.9 Å². The summed E-state index contributed by atoms with van der Waals surface area (Å²) in [5, 5.41) is 6.70. The van der Waals surface area contributed by atoms with Gasteiger partial charge < -0.3 is 10.1 Å². The van der Waals surface area contributed by atoms with Crippen LogP contribution in [0.15, 0.2) is 56.5 Å². The summed E-state index contributed by atoms with van der Waals surface area (Å²) >= 11 is 6.72. The Balaban J connectivity index is 1.78. The maximum absolute atomic E-state index is 12.0. The Morgan fingerprint density at radius 2 is 1.81 bits per heavy atom. The van der Waals surface area contributed by atoms with Crippen LogP contribution in [-0.2, 0) is 9.59 Å². The van der Waals surface area contributed by atoms with E-state index in [2.05, 4.69) is 47.7 Å². The van der Waals surface area contributed by atoms with Crippen LogP contribution in [-0.4, -0.2) is 24.1 Å². The number of hydrogen-bond acceptors (Lipinski definition) is 4. The Morgan fingerprint density at radius 1 is 1.07 bits per heavy atom. The zero-order valence-corrected chi connectivity index (χ0v) is 18.1. The molecule has 2 N–H and O–H groups in total. The van der Waals surface area contributed by atoms with Gasteiger partial charge in [0.2, 0.25) is 5.91 Å². The third kappa shape index (κ3) is 7.52. The molecule has 0 unspecified atom stereocenters. The summed E-state index contributed by atoms with van der Waals surface area (Å²) in [6.07, 6.45) is 0.0689. The van der Waals surface area contributed by atoms with Crippen molar-refractivity contribution in [1.82, 2.24) is 5.43 Å². The minimum absolute atomic E-state index is 0.0689. The lowest BCUT2D eigenvalue weighted by molar-refractivity contribution is -0.123. The average molecular weight is 497 g/mol. The molecule has 27 heavy (non-hydrogen) atoms. The number of hydrazone groups is 1. The first kappa shape index (κ1) is 21.1. The highest BCUT2D eigenvalue weighted by atomic mass is 79.9. The van der Waals surface area contributed by atoms with E-state index in [9.17, 15) is 9.59 Å². The normalized spacial score (nSPS) is 11.0. The number of carbonyl (C=O) groups is 2. The second kappa shape index (κ2) is 10.2. The van der Waals surface area contributed by atoms with Crippen LogP contribution in [0.5, 0.6) is 5.75 Å². The molecule has 2 amide bonds. The highest BCUT2D eigenvalue weighted by molar-refractivity contribution is 9.10. The number of aryl methyl sites for hydroxylation is 1. The van der Waals surface area contributed by atoms with Crippen molar-refractivity contribution in [2.24, 2.45) is 5.10 Å². The van der Waals surface area contributed by atoms with Gasteiger partial charge in [0, 0.05) is 20.3 Å². The molecule has 0 aromatic heterocycles. The highest BCUT2D eigenvalue weighted by Gasteiger charge is 2.07. The van der Waals surface area contributed by atoms with Gasteiger partial charge in [-0.05, 0) is 55.8 Å². The molecule has 0 atom stereocenters. The molecule has 0 aliphatic carbocycles. The monoisotopic (exact) mass is 495 g/mol. The Kier molecular flexibility index (Phi) is 7.99. The van der Waals surface area contributed by atoms with Crippen LogP contribution in [0.4, 0.5) is 5.69 Å². The summed E-state index contributed by atoms with van der Waals surface area (Å²) in [5.74, 6) is 0.0110. The minimum atomic E-state index is -0.399. The summed E-state index contributed by atoms with van der Waals surface area (Å²) in [4.78, 5) is 23.9. The Bertz CT molecular complexity index is 869. The third-order valence-corrected chi connectivity index (χ3v) is 4.38. The van der Waals surface area contributed by atoms with Gasteiger partial charge in [-0.1, -0.05) is 37.9 Å². The van der Waals surface area contributed by atoms with Gasteiger partial charge in [0.15, 0.2) is 6.61 Å². The maximum atomic E-state index is 12.0. The van der Waals surface area contributed by atoms with E-state index in [-0.39, 0.29) is 18.9 Å². The van der Waals surface area contributed by atoms with Crippen molar-refractivity contribution in [3.05, 3.63) is 57.0 Å². The van der Waals surface area contributed by atoms with E-state index in [0.29, 0.717) is 17.1 Å². The van der Waals surface area contributed by atoms with Crippen molar-refractivity contribution in [2.45, 2.75) is 20.3 Å². The van der Waals surface area contributed by atoms with Crippen LogP contribution in [0.25, 0.3) is 0 Å². The first-order valence-electron chi connectivity index (χ1n) is 8.10. The lowest BCUT2D eigenvalue weighted by atomic mass is 10.2. The molecule has 0 fully saturated rings. The van der Waals surface area contributed by atoms with E-state index in [0.717, 1.165) is 14.5 Å². The summed E-state index contributed by atoms with van der Waals surface area (Å²) in [7, 11) is 0. The highest BCUT2D eigenvalue weighted by Crippen LogP contribution is 2.22. The maximum Gasteiger partial charge on any atom is 0.277 e. The third-order valence-electron chi connectivity index (χ3n) is 3.39. The Hall–Kier alpha value is -2.19. The fourth-order valence-corrected chi connectivity index (χ4v) is 3.03. The lowest BCUT2D eigenvalue weighted by Crippen LogP contribution is -2.26. The van der Waals surface area contributed by atoms with Crippen LogP contribution in [0.3, 0.4) is 0 Å². The van der Waals surface area contributed by atoms with Gasteiger partial charge in [-0.25, -0.2) is 5.43 Å². The molecule has 0 aliphatic heterocycles. The van der Waals surface area contributed by atoms with Crippen molar-refractivity contribution in [3.63, 3.8) is 0 Å². The Labute approximate surface area is 174 Å².